The highest BCUT2D eigenvalue weighted by Crippen LogP contribution is 2.25. The van der Waals surface area contributed by atoms with Crippen LogP contribution in [0.2, 0.25) is 0 Å². The highest BCUT2D eigenvalue weighted by Gasteiger charge is 2.39. The third-order valence-corrected chi connectivity index (χ3v) is 2.02. The molecule has 0 aromatic rings. The Hall–Kier alpha value is -0.160. The molecular formula is C6H12O4. The minimum atomic E-state index is -0.972. The van der Waals surface area contributed by atoms with Gasteiger partial charge >= 0.3 is 0 Å². The molecule has 0 bridgehead atoms. The average molecular weight is 148 g/mol. The first-order chi connectivity index (χ1) is 4.66. The van der Waals surface area contributed by atoms with Crippen molar-refractivity contribution in [3.05, 3.63) is 0 Å². The van der Waals surface area contributed by atoms with E-state index in [0.29, 0.717) is 0 Å². The molecule has 0 heterocycles. The monoisotopic (exact) mass is 148 g/mol. The van der Waals surface area contributed by atoms with E-state index >= 15 is 0 Å². The molecular weight excluding hydrogens is 136 g/mol. The molecule has 4 nitrogen and oxygen atoms in total. The second kappa shape index (κ2) is 2.84. The molecule has 10 heavy (non-hydrogen) atoms. The van der Waals surface area contributed by atoms with Gasteiger partial charge in [-0.3, -0.25) is 0 Å². The number of hydrogen-bond acceptors (Lipinski definition) is 4. The molecule has 1 fully saturated rings. The molecule has 0 spiro atoms. The molecule has 4 heteroatoms. The predicted molar refractivity (Wildman–Crippen MR) is 33.2 cm³/mol. The molecule has 1 saturated carbocycles. The summed E-state index contributed by atoms with van der Waals surface area (Å²) < 4.78 is 0. The smallest absolute Gasteiger partial charge is 0.0874 e. The molecule has 0 radical (unpaired) electrons. The zero-order valence-corrected chi connectivity index (χ0v) is 5.51. The Labute approximate surface area is 58.7 Å². The fourth-order valence-corrected chi connectivity index (χ4v) is 1.30. The van der Waals surface area contributed by atoms with Gasteiger partial charge in [-0.25, -0.2) is 0 Å². The summed E-state index contributed by atoms with van der Waals surface area (Å²) in [5.74, 6) is -0.574. The van der Waals surface area contributed by atoms with E-state index in [1.54, 1.807) is 0 Å². The summed E-state index contributed by atoms with van der Waals surface area (Å²) in [6.45, 7) is -0.278. The summed E-state index contributed by atoms with van der Waals surface area (Å²) >= 11 is 0. The highest BCUT2D eigenvalue weighted by molar-refractivity contribution is 4.90. The fourth-order valence-electron chi connectivity index (χ4n) is 1.30. The zero-order valence-electron chi connectivity index (χ0n) is 5.51. The van der Waals surface area contributed by atoms with E-state index in [9.17, 15) is 0 Å². The Bertz CT molecular complexity index is 116. The number of aliphatic hydroxyl groups is 4. The van der Waals surface area contributed by atoms with Crippen molar-refractivity contribution in [1.82, 2.24) is 0 Å². The molecule has 0 aliphatic heterocycles. The van der Waals surface area contributed by atoms with E-state index in [2.05, 4.69) is 0 Å². The van der Waals surface area contributed by atoms with Gasteiger partial charge in [0.1, 0.15) is 0 Å². The summed E-state index contributed by atoms with van der Waals surface area (Å²) in [5.41, 5.74) is 0. The lowest BCUT2D eigenvalue weighted by molar-refractivity contribution is -0.00584. The standard InChI is InChI=1S/C6H12O4/c7-2-3-4(8)1-5(9)6(3)10/h3-10H,1-2H2/t3-,4-,5-,6-/m1/s1. The van der Waals surface area contributed by atoms with Gasteiger partial charge < -0.3 is 20.4 Å². The summed E-state index contributed by atoms with van der Waals surface area (Å²) in [6.07, 6.45) is -2.46. The van der Waals surface area contributed by atoms with Gasteiger partial charge in [0.25, 0.3) is 0 Å². The summed E-state index contributed by atoms with van der Waals surface area (Å²) in [6, 6.07) is 0. The lowest BCUT2D eigenvalue weighted by atomic mass is 10.1. The van der Waals surface area contributed by atoms with Crippen LogP contribution in [-0.2, 0) is 0 Å². The lowest BCUT2D eigenvalue weighted by Crippen LogP contribution is -2.29. The molecule has 0 amide bonds. The zero-order chi connectivity index (χ0) is 7.72. The third kappa shape index (κ3) is 1.15. The fraction of sp³-hybridized carbons (Fsp3) is 1.00. The van der Waals surface area contributed by atoms with Crippen molar-refractivity contribution < 1.29 is 20.4 Å². The largest absolute Gasteiger partial charge is 0.396 e. The number of aliphatic hydroxyl groups excluding tert-OH is 4. The van der Waals surface area contributed by atoms with Crippen LogP contribution in [0.4, 0.5) is 0 Å². The van der Waals surface area contributed by atoms with Crippen LogP contribution in [0.25, 0.3) is 0 Å². The van der Waals surface area contributed by atoms with Gasteiger partial charge in [-0.05, 0) is 0 Å². The van der Waals surface area contributed by atoms with Gasteiger partial charge in [0.2, 0.25) is 0 Å². The van der Waals surface area contributed by atoms with Crippen molar-refractivity contribution in [1.29, 1.82) is 0 Å². The average Bonchev–Trinajstić information content (AvgIpc) is 2.09. The van der Waals surface area contributed by atoms with Gasteiger partial charge in [0.05, 0.1) is 24.9 Å². The van der Waals surface area contributed by atoms with Crippen molar-refractivity contribution >= 4 is 0 Å². The van der Waals surface area contributed by atoms with Crippen LogP contribution < -0.4 is 0 Å². The van der Waals surface area contributed by atoms with Gasteiger partial charge in [0, 0.05) is 12.3 Å². The Morgan fingerprint density at radius 3 is 1.90 bits per heavy atom. The molecule has 60 valence electrons. The van der Waals surface area contributed by atoms with Crippen LogP contribution in [-0.4, -0.2) is 45.3 Å². The maximum Gasteiger partial charge on any atom is 0.0874 e. The molecule has 1 aliphatic rings. The number of hydrogen-bond donors (Lipinski definition) is 4. The molecule has 4 N–H and O–H groups in total. The molecule has 0 aromatic heterocycles. The predicted octanol–water partition coefficient (Wildman–Crippen LogP) is -1.92. The van der Waals surface area contributed by atoms with Crippen molar-refractivity contribution in [2.24, 2.45) is 5.92 Å². The van der Waals surface area contributed by atoms with Gasteiger partial charge in [0.15, 0.2) is 0 Å². The quantitative estimate of drug-likeness (QED) is 0.349. The van der Waals surface area contributed by atoms with E-state index in [0.717, 1.165) is 0 Å². The Morgan fingerprint density at radius 2 is 1.70 bits per heavy atom. The molecule has 1 rings (SSSR count). The molecule has 0 saturated heterocycles. The summed E-state index contributed by atoms with van der Waals surface area (Å²) in [5, 5.41) is 35.6. The maximum atomic E-state index is 9.06. The maximum absolute atomic E-state index is 9.06. The van der Waals surface area contributed by atoms with Gasteiger partial charge in [-0.15, -0.1) is 0 Å². The minimum Gasteiger partial charge on any atom is -0.396 e. The van der Waals surface area contributed by atoms with Crippen LogP contribution >= 0.6 is 0 Å². The Kier molecular flexibility index (Phi) is 2.25. The molecule has 0 aromatic carbocycles. The van der Waals surface area contributed by atoms with Crippen molar-refractivity contribution in [3.8, 4) is 0 Å². The minimum absolute atomic E-state index is 0.159. The second-order valence-corrected chi connectivity index (χ2v) is 2.71. The lowest BCUT2D eigenvalue weighted by Gasteiger charge is -2.14. The first kappa shape index (κ1) is 7.94. The van der Waals surface area contributed by atoms with Crippen LogP contribution in [0.15, 0.2) is 0 Å². The SMILES string of the molecule is OC[C@H]1[C@@H](O)[C@H](O)C[C@H]1O. The normalized spacial score (nSPS) is 48.0. The van der Waals surface area contributed by atoms with Crippen molar-refractivity contribution in [3.63, 3.8) is 0 Å². The van der Waals surface area contributed by atoms with Crippen molar-refractivity contribution in [2.45, 2.75) is 24.7 Å². The van der Waals surface area contributed by atoms with Gasteiger partial charge in [-0.1, -0.05) is 0 Å². The topological polar surface area (TPSA) is 80.9 Å². The van der Waals surface area contributed by atoms with Crippen LogP contribution in [0.5, 0.6) is 0 Å². The molecule has 1 aliphatic carbocycles. The Morgan fingerprint density at radius 1 is 1.10 bits per heavy atom. The Balaban J connectivity index is 2.55. The first-order valence-corrected chi connectivity index (χ1v) is 3.32. The highest BCUT2D eigenvalue weighted by atomic mass is 16.3. The molecule has 4 atom stereocenters. The van der Waals surface area contributed by atoms with E-state index < -0.39 is 24.2 Å². The third-order valence-electron chi connectivity index (χ3n) is 2.02. The summed E-state index contributed by atoms with van der Waals surface area (Å²) in [4.78, 5) is 0. The van der Waals surface area contributed by atoms with E-state index in [4.69, 9.17) is 20.4 Å². The van der Waals surface area contributed by atoms with E-state index in [-0.39, 0.29) is 13.0 Å². The van der Waals surface area contributed by atoms with Crippen LogP contribution in [0, 0.1) is 5.92 Å². The second-order valence-electron chi connectivity index (χ2n) is 2.71. The first-order valence-electron chi connectivity index (χ1n) is 3.32. The van der Waals surface area contributed by atoms with Crippen molar-refractivity contribution in [2.75, 3.05) is 6.61 Å². The van der Waals surface area contributed by atoms with E-state index in [1.807, 2.05) is 0 Å². The summed E-state index contributed by atoms with van der Waals surface area (Å²) in [7, 11) is 0. The van der Waals surface area contributed by atoms with E-state index in [1.165, 1.54) is 0 Å². The molecule has 0 unspecified atom stereocenters. The number of rotatable bonds is 1. The van der Waals surface area contributed by atoms with Gasteiger partial charge in [-0.2, -0.15) is 0 Å². The van der Waals surface area contributed by atoms with Crippen LogP contribution in [0.3, 0.4) is 0 Å². The van der Waals surface area contributed by atoms with Crippen LogP contribution in [0.1, 0.15) is 6.42 Å².